The standard InChI is InChI=1S/C31H37F2NO2/c1-6-12-31(36)29(3)17-24(28(33)26(32)16-20(7-2)34(4)5)27-22-11-9-21(35)15-19(22)8-10-23(27)25(29)18-30(31)13-14-30/h7,15-16,23-25,36H,2,8-11,13-14,17-18H2,1,3-5H3/b20-16+,28-26+/t23-,24-,25-,29-,31+/m0/s1. The first-order valence-electron chi connectivity index (χ1n) is 13.2. The summed E-state index contributed by atoms with van der Waals surface area (Å²) in [6.07, 6.45) is 10.0. The lowest BCUT2D eigenvalue weighted by atomic mass is 9.51. The number of hydrogen-bond donors (Lipinski definition) is 1. The van der Waals surface area contributed by atoms with Gasteiger partial charge in [0.25, 0.3) is 0 Å². The third kappa shape index (κ3) is 3.44. The van der Waals surface area contributed by atoms with Crippen molar-refractivity contribution in [2.45, 2.75) is 70.8 Å². The van der Waals surface area contributed by atoms with Crippen LogP contribution in [0.1, 0.15) is 65.2 Å². The van der Waals surface area contributed by atoms with Crippen LogP contribution < -0.4 is 0 Å². The minimum atomic E-state index is -1.21. The number of halogens is 2. The van der Waals surface area contributed by atoms with Crippen molar-refractivity contribution in [1.29, 1.82) is 0 Å². The maximum Gasteiger partial charge on any atom is 0.157 e. The normalized spacial score (nSPS) is 37.2. The number of carbonyl (C=O) groups is 1. The van der Waals surface area contributed by atoms with E-state index in [9.17, 15) is 9.90 Å². The zero-order valence-corrected chi connectivity index (χ0v) is 21.9. The van der Waals surface area contributed by atoms with Crippen LogP contribution in [0.15, 0.2) is 58.9 Å². The lowest BCUT2D eigenvalue weighted by Gasteiger charge is -2.53. The van der Waals surface area contributed by atoms with Crippen molar-refractivity contribution < 1.29 is 18.7 Å². The first kappa shape index (κ1) is 25.2. The van der Waals surface area contributed by atoms with Crippen molar-refractivity contribution in [3.05, 3.63) is 58.9 Å². The molecule has 3 saturated carbocycles. The molecule has 3 fully saturated rings. The topological polar surface area (TPSA) is 40.5 Å². The zero-order valence-electron chi connectivity index (χ0n) is 21.9. The van der Waals surface area contributed by atoms with Gasteiger partial charge in [0.15, 0.2) is 11.6 Å². The predicted octanol–water partition coefficient (Wildman–Crippen LogP) is 6.35. The first-order valence-corrected chi connectivity index (χ1v) is 13.2. The number of nitrogens with zero attached hydrogens (tertiary/aromatic N) is 1. The largest absolute Gasteiger partial charge is 0.378 e. The molecule has 5 aliphatic rings. The van der Waals surface area contributed by atoms with Crippen LogP contribution in [-0.2, 0) is 4.79 Å². The highest BCUT2D eigenvalue weighted by Crippen LogP contribution is 2.77. The number of fused-ring (bicyclic) bond motifs is 4. The number of rotatable bonds is 4. The summed E-state index contributed by atoms with van der Waals surface area (Å²) in [6.45, 7) is 7.55. The number of allylic oxidation sites excluding steroid dienone is 8. The van der Waals surface area contributed by atoms with Crippen LogP contribution in [-0.4, -0.2) is 35.5 Å². The predicted molar refractivity (Wildman–Crippen MR) is 138 cm³/mol. The molecule has 0 saturated heterocycles. The Bertz CT molecular complexity index is 1200. The second-order valence-corrected chi connectivity index (χ2v) is 11.9. The highest BCUT2D eigenvalue weighted by atomic mass is 19.2. The SMILES string of the molecule is C=C/C(=C\C(F)=C(/F)[C@H]1C[C@@]2(C)[C@@H](CC3(CC3)[C@@]2(O)C#CC)[C@@H]2CCC3=CC(=O)CCC3=C21)N(C)C. The fraction of sp³-hybridized carbons (Fsp3) is 0.581. The number of ketones is 1. The van der Waals surface area contributed by atoms with Crippen molar-refractivity contribution in [3.8, 4) is 11.8 Å². The van der Waals surface area contributed by atoms with Gasteiger partial charge in [0.1, 0.15) is 11.4 Å². The van der Waals surface area contributed by atoms with Crippen molar-refractivity contribution in [3.63, 3.8) is 0 Å². The summed E-state index contributed by atoms with van der Waals surface area (Å²) in [5, 5.41) is 12.2. The molecule has 36 heavy (non-hydrogen) atoms. The van der Waals surface area contributed by atoms with Gasteiger partial charge in [-0.3, -0.25) is 4.79 Å². The van der Waals surface area contributed by atoms with E-state index >= 15 is 8.78 Å². The maximum atomic E-state index is 16.3. The van der Waals surface area contributed by atoms with Gasteiger partial charge < -0.3 is 10.0 Å². The smallest absolute Gasteiger partial charge is 0.157 e. The average Bonchev–Trinajstić information content (AvgIpc) is 3.60. The lowest BCUT2D eigenvalue weighted by Crippen LogP contribution is -2.53. The van der Waals surface area contributed by atoms with E-state index in [1.807, 2.05) is 0 Å². The molecule has 5 heteroatoms. The zero-order chi connectivity index (χ0) is 26.0. The molecule has 0 aliphatic heterocycles. The van der Waals surface area contributed by atoms with Crippen LogP contribution in [0.3, 0.4) is 0 Å². The van der Waals surface area contributed by atoms with Crippen molar-refractivity contribution >= 4 is 5.78 Å². The molecule has 0 aromatic rings. The van der Waals surface area contributed by atoms with Crippen LogP contribution in [0.5, 0.6) is 0 Å². The van der Waals surface area contributed by atoms with E-state index in [4.69, 9.17) is 0 Å². The molecule has 0 amide bonds. The van der Waals surface area contributed by atoms with Gasteiger partial charge in [-0.1, -0.05) is 25.0 Å². The van der Waals surface area contributed by atoms with Crippen LogP contribution in [0, 0.1) is 40.4 Å². The van der Waals surface area contributed by atoms with Gasteiger partial charge in [-0.15, -0.1) is 5.92 Å². The summed E-state index contributed by atoms with van der Waals surface area (Å²) in [4.78, 5) is 13.9. The second kappa shape index (κ2) is 8.55. The molecule has 192 valence electrons. The van der Waals surface area contributed by atoms with E-state index in [1.165, 1.54) is 12.2 Å². The molecule has 0 bridgehead atoms. The molecule has 0 unspecified atom stereocenters. The summed E-state index contributed by atoms with van der Waals surface area (Å²) in [5.74, 6) is 4.01. The number of likely N-dealkylation sites (N-methyl/N-ethyl adjacent to an activating group) is 1. The van der Waals surface area contributed by atoms with Crippen LogP contribution in [0.2, 0.25) is 0 Å². The summed E-state index contributed by atoms with van der Waals surface area (Å²) < 4.78 is 31.9. The van der Waals surface area contributed by atoms with E-state index in [1.54, 1.807) is 32.0 Å². The Labute approximate surface area is 213 Å². The van der Waals surface area contributed by atoms with Crippen LogP contribution in [0.4, 0.5) is 8.78 Å². The summed E-state index contributed by atoms with van der Waals surface area (Å²) >= 11 is 0. The van der Waals surface area contributed by atoms with Gasteiger partial charge in [0, 0.05) is 43.0 Å². The second-order valence-electron chi connectivity index (χ2n) is 11.9. The molecule has 5 atom stereocenters. The van der Waals surface area contributed by atoms with Crippen LogP contribution in [0.25, 0.3) is 0 Å². The van der Waals surface area contributed by atoms with Gasteiger partial charge >= 0.3 is 0 Å². The maximum absolute atomic E-state index is 16.3. The van der Waals surface area contributed by atoms with E-state index < -0.39 is 28.6 Å². The first-order chi connectivity index (χ1) is 17.0. The highest BCUT2D eigenvalue weighted by molar-refractivity contribution is 5.93. The average molecular weight is 494 g/mol. The van der Waals surface area contributed by atoms with Gasteiger partial charge in [-0.25, -0.2) is 8.78 Å². The third-order valence-corrected chi connectivity index (χ3v) is 10.0. The van der Waals surface area contributed by atoms with Crippen molar-refractivity contribution in [1.82, 2.24) is 4.90 Å². The van der Waals surface area contributed by atoms with Gasteiger partial charge in [0.2, 0.25) is 0 Å². The molecule has 3 nitrogen and oxygen atoms in total. The molecule has 0 aromatic carbocycles. The number of hydrogen-bond acceptors (Lipinski definition) is 3. The Balaban J connectivity index is 1.71. The molecule has 1 spiro atoms. The molecule has 5 aliphatic carbocycles. The van der Waals surface area contributed by atoms with E-state index in [0.717, 1.165) is 48.8 Å². The molecule has 0 radical (unpaired) electrons. The molecule has 0 heterocycles. The Hall–Kier alpha value is -2.45. The van der Waals surface area contributed by atoms with E-state index in [0.29, 0.717) is 25.0 Å². The molecular weight excluding hydrogens is 456 g/mol. The summed E-state index contributed by atoms with van der Waals surface area (Å²) in [5.41, 5.74) is 1.39. The van der Waals surface area contributed by atoms with Crippen LogP contribution >= 0.6 is 0 Å². The van der Waals surface area contributed by atoms with Gasteiger partial charge in [-0.2, -0.15) is 0 Å². The van der Waals surface area contributed by atoms with Gasteiger partial charge in [0.05, 0.1) is 0 Å². The Morgan fingerprint density at radius 3 is 2.56 bits per heavy atom. The Morgan fingerprint density at radius 2 is 1.94 bits per heavy atom. The lowest BCUT2D eigenvalue weighted by molar-refractivity contribution is -0.114. The minimum Gasteiger partial charge on any atom is -0.378 e. The minimum absolute atomic E-state index is 0.0505. The summed E-state index contributed by atoms with van der Waals surface area (Å²) in [6, 6.07) is 0. The Morgan fingerprint density at radius 1 is 1.22 bits per heavy atom. The van der Waals surface area contributed by atoms with E-state index in [-0.39, 0.29) is 23.0 Å². The Kier molecular flexibility index (Phi) is 5.99. The third-order valence-electron chi connectivity index (χ3n) is 10.0. The summed E-state index contributed by atoms with van der Waals surface area (Å²) in [7, 11) is 3.53. The molecular formula is C31H37F2NO2. The molecule has 5 rings (SSSR count). The fourth-order valence-corrected chi connectivity index (χ4v) is 8.11. The number of aliphatic hydroxyl groups is 1. The number of carbonyl (C=O) groups excluding carboxylic acids is 1. The van der Waals surface area contributed by atoms with Crippen molar-refractivity contribution in [2.24, 2.45) is 28.6 Å². The fourth-order valence-electron chi connectivity index (χ4n) is 8.11. The quantitative estimate of drug-likeness (QED) is 0.367. The monoisotopic (exact) mass is 493 g/mol. The molecule has 1 N–H and O–H groups in total. The van der Waals surface area contributed by atoms with E-state index in [2.05, 4.69) is 25.3 Å². The molecule has 0 aromatic heterocycles. The van der Waals surface area contributed by atoms with Crippen molar-refractivity contribution in [2.75, 3.05) is 14.1 Å². The van der Waals surface area contributed by atoms with Gasteiger partial charge in [-0.05, 0) is 93.1 Å². The highest BCUT2D eigenvalue weighted by Gasteiger charge is 2.76.